The van der Waals surface area contributed by atoms with Crippen molar-refractivity contribution in [1.29, 1.82) is 0 Å². The second-order valence-electron chi connectivity index (χ2n) is 8.11. The van der Waals surface area contributed by atoms with E-state index < -0.39 is 17.3 Å². The molecule has 1 N–H and O–H groups in total. The Morgan fingerprint density at radius 1 is 0.939 bits per heavy atom. The molecular weight excluding hydrogens is 449 g/mol. The third kappa shape index (κ3) is 5.94. The van der Waals surface area contributed by atoms with Crippen molar-refractivity contribution in [1.82, 2.24) is 4.72 Å². The Balaban J connectivity index is 1.42. The van der Waals surface area contributed by atoms with E-state index in [0.717, 1.165) is 31.5 Å². The van der Waals surface area contributed by atoms with E-state index in [2.05, 4.69) is 57.7 Å². The summed E-state index contributed by atoms with van der Waals surface area (Å²) in [4.78, 5) is 2.72. The number of hydrogen-bond acceptors (Lipinski definition) is 3. The summed E-state index contributed by atoms with van der Waals surface area (Å²) in [6, 6.07) is 21.9. The highest BCUT2D eigenvalue weighted by atomic mass is 32.2. The van der Waals surface area contributed by atoms with E-state index in [4.69, 9.17) is 0 Å². The summed E-state index contributed by atoms with van der Waals surface area (Å²) in [7, 11) is -1.54. The van der Waals surface area contributed by atoms with Crippen LogP contribution >= 0.6 is 0 Å². The quantitative estimate of drug-likeness (QED) is 0.473. The third-order valence-corrected chi connectivity index (χ3v) is 6.69. The summed E-state index contributed by atoms with van der Waals surface area (Å²) in [6.45, 7) is 3.30. The fraction of sp³-hybridized carbons (Fsp3) is 0.280. The fourth-order valence-corrected chi connectivity index (χ4v) is 5.00. The van der Waals surface area contributed by atoms with Crippen molar-refractivity contribution in [2.75, 3.05) is 18.0 Å². The van der Waals surface area contributed by atoms with Crippen LogP contribution < -0.4 is 14.4 Å². The van der Waals surface area contributed by atoms with E-state index in [-0.39, 0.29) is 11.7 Å². The van der Waals surface area contributed by atoms with Gasteiger partial charge < -0.3 is 9.64 Å². The van der Waals surface area contributed by atoms with Crippen LogP contribution in [0.1, 0.15) is 18.1 Å². The van der Waals surface area contributed by atoms with Gasteiger partial charge in [0, 0.05) is 24.5 Å². The van der Waals surface area contributed by atoms with Gasteiger partial charge in [-0.25, -0.2) is 8.93 Å². The van der Waals surface area contributed by atoms with E-state index in [9.17, 15) is 17.4 Å². The minimum Gasteiger partial charge on any atom is -0.406 e. The molecule has 0 saturated heterocycles. The molecular formula is C25H25F3N2O2S. The summed E-state index contributed by atoms with van der Waals surface area (Å²) in [5.41, 5.74) is 4.99. The lowest BCUT2D eigenvalue weighted by molar-refractivity contribution is -0.274. The Morgan fingerprint density at radius 2 is 1.48 bits per heavy atom. The van der Waals surface area contributed by atoms with Crippen LogP contribution in [0.5, 0.6) is 5.75 Å². The topological polar surface area (TPSA) is 41.6 Å². The predicted molar refractivity (Wildman–Crippen MR) is 124 cm³/mol. The molecule has 0 fully saturated rings. The van der Waals surface area contributed by atoms with Crippen LogP contribution in [0.15, 0.2) is 77.7 Å². The number of nitrogens with zero attached hydrogens (tertiary/aromatic N) is 1. The van der Waals surface area contributed by atoms with Crippen molar-refractivity contribution in [3.63, 3.8) is 0 Å². The van der Waals surface area contributed by atoms with Gasteiger partial charge in [-0.1, -0.05) is 43.3 Å². The molecule has 3 aromatic carbocycles. The first-order chi connectivity index (χ1) is 15.8. The smallest absolute Gasteiger partial charge is 0.406 e. The molecule has 2 unspecified atom stereocenters. The van der Waals surface area contributed by atoms with Gasteiger partial charge in [0.15, 0.2) is 0 Å². The number of benzene rings is 3. The molecule has 4 nitrogen and oxygen atoms in total. The van der Waals surface area contributed by atoms with Crippen molar-refractivity contribution in [3.8, 4) is 5.75 Å². The minimum atomic E-state index is -4.75. The van der Waals surface area contributed by atoms with Gasteiger partial charge in [-0.2, -0.15) is 0 Å². The number of aryl methyl sites for hydroxylation is 2. The van der Waals surface area contributed by atoms with Crippen LogP contribution in [0.3, 0.4) is 0 Å². The van der Waals surface area contributed by atoms with Gasteiger partial charge in [-0.05, 0) is 66.3 Å². The molecule has 1 heterocycles. The first-order valence-electron chi connectivity index (χ1n) is 10.7. The average Bonchev–Trinajstić information content (AvgIpc) is 2.94. The highest BCUT2D eigenvalue weighted by Gasteiger charge is 2.31. The summed E-state index contributed by atoms with van der Waals surface area (Å²) >= 11 is 0. The summed E-state index contributed by atoms with van der Waals surface area (Å²) in [6.07, 6.45) is -2.79. The Hall–Kier alpha value is -2.84. The molecule has 0 radical (unpaired) electrons. The van der Waals surface area contributed by atoms with Crippen molar-refractivity contribution < 1.29 is 22.1 Å². The molecule has 174 valence electrons. The lowest BCUT2D eigenvalue weighted by Gasteiger charge is -2.29. The van der Waals surface area contributed by atoms with E-state index >= 15 is 0 Å². The molecule has 0 saturated carbocycles. The molecule has 8 heteroatoms. The number of anilines is 2. The maximum atomic E-state index is 12.6. The number of alkyl halides is 3. The van der Waals surface area contributed by atoms with Gasteiger partial charge in [0.05, 0.1) is 4.90 Å². The lowest BCUT2D eigenvalue weighted by atomic mass is 10.0. The third-order valence-electron chi connectivity index (χ3n) is 5.56. The van der Waals surface area contributed by atoms with Crippen LogP contribution in [0.2, 0.25) is 0 Å². The van der Waals surface area contributed by atoms with Crippen molar-refractivity contribution in [2.24, 2.45) is 5.92 Å². The second kappa shape index (κ2) is 9.97. The molecule has 0 aromatic heterocycles. The summed E-state index contributed by atoms with van der Waals surface area (Å²) in [5.74, 6) is -0.184. The largest absolute Gasteiger partial charge is 0.573 e. The molecule has 1 aliphatic heterocycles. The van der Waals surface area contributed by atoms with Crippen LogP contribution in [-0.4, -0.2) is 23.7 Å². The van der Waals surface area contributed by atoms with E-state index in [1.807, 2.05) is 12.1 Å². The maximum absolute atomic E-state index is 12.6. The molecule has 1 aliphatic rings. The standard InChI is InChI=1S/C25H25F3N2O2S/c1-18(16-29-33(31)22-14-12-21(13-15-22)32-25(26,27)28)17-30-23-8-4-2-6-19(23)10-11-20-7-3-5-9-24(20)30/h2-9,12-15,18,29H,10-11,16-17H2,1H3. The maximum Gasteiger partial charge on any atom is 0.573 e. The highest BCUT2D eigenvalue weighted by Crippen LogP contribution is 2.36. The van der Waals surface area contributed by atoms with Crippen LogP contribution in [0, 0.1) is 5.92 Å². The fourth-order valence-electron chi connectivity index (χ4n) is 4.01. The van der Waals surface area contributed by atoms with Crippen molar-refractivity contribution >= 4 is 22.4 Å². The monoisotopic (exact) mass is 474 g/mol. The van der Waals surface area contributed by atoms with Gasteiger partial charge in [0.1, 0.15) is 16.7 Å². The zero-order valence-electron chi connectivity index (χ0n) is 18.1. The zero-order valence-corrected chi connectivity index (χ0v) is 19.0. The number of nitrogens with one attached hydrogen (secondary N) is 1. The number of ether oxygens (including phenoxy) is 1. The van der Waals surface area contributed by atoms with Gasteiger partial charge >= 0.3 is 6.36 Å². The molecule has 3 aromatic rings. The average molecular weight is 475 g/mol. The van der Waals surface area contributed by atoms with Crippen LogP contribution in [0.25, 0.3) is 0 Å². The number of para-hydroxylation sites is 2. The van der Waals surface area contributed by atoms with Gasteiger partial charge in [0.2, 0.25) is 0 Å². The molecule has 0 amide bonds. The number of rotatable bonds is 7. The first kappa shape index (κ1) is 23.3. The minimum absolute atomic E-state index is 0.154. The molecule has 2 atom stereocenters. The first-order valence-corrected chi connectivity index (χ1v) is 11.9. The zero-order chi connectivity index (χ0) is 23.4. The number of fused-ring (bicyclic) bond motifs is 2. The Morgan fingerprint density at radius 3 is 2.03 bits per heavy atom. The van der Waals surface area contributed by atoms with Gasteiger partial charge in [0.25, 0.3) is 0 Å². The Bertz CT molecular complexity index is 1070. The van der Waals surface area contributed by atoms with Crippen LogP contribution in [0.4, 0.5) is 24.5 Å². The Kier molecular flexibility index (Phi) is 7.05. The summed E-state index contributed by atoms with van der Waals surface area (Å²) in [5, 5.41) is 0. The SMILES string of the molecule is CC(CNS(=O)c1ccc(OC(F)(F)F)cc1)CN1c2ccccc2CCc2ccccc21. The normalized spacial score (nSPS) is 15.2. The predicted octanol–water partition coefficient (Wildman–Crippen LogP) is 5.77. The number of halogens is 3. The van der Waals surface area contributed by atoms with E-state index in [0.29, 0.717) is 11.4 Å². The molecule has 0 bridgehead atoms. The van der Waals surface area contributed by atoms with Crippen molar-refractivity contribution in [2.45, 2.75) is 31.0 Å². The van der Waals surface area contributed by atoms with Gasteiger partial charge in [-0.15, -0.1) is 13.2 Å². The van der Waals surface area contributed by atoms with Crippen LogP contribution in [-0.2, 0) is 23.8 Å². The van der Waals surface area contributed by atoms with Gasteiger partial charge in [-0.3, -0.25) is 0 Å². The number of hydrogen-bond donors (Lipinski definition) is 1. The Labute approximate surface area is 194 Å². The second-order valence-corrected chi connectivity index (χ2v) is 9.41. The van der Waals surface area contributed by atoms with E-state index in [1.165, 1.54) is 34.6 Å². The van der Waals surface area contributed by atoms with E-state index in [1.54, 1.807) is 0 Å². The molecule has 0 aliphatic carbocycles. The summed E-state index contributed by atoms with van der Waals surface area (Å²) < 4.78 is 56.4. The lowest BCUT2D eigenvalue weighted by Crippen LogP contribution is -2.32. The molecule has 0 spiro atoms. The van der Waals surface area contributed by atoms with Crippen molar-refractivity contribution in [3.05, 3.63) is 83.9 Å². The highest BCUT2D eigenvalue weighted by molar-refractivity contribution is 7.83. The molecule has 33 heavy (non-hydrogen) atoms. The molecule has 4 rings (SSSR count).